The molecule has 0 bridgehead atoms. The first kappa shape index (κ1) is 17.6. The van der Waals surface area contributed by atoms with Gasteiger partial charge in [0, 0.05) is 37.4 Å². The third kappa shape index (κ3) is 3.75. The molecule has 1 heterocycles. The second-order valence-corrected chi connectivity index (χ2v) is 8.25. The number of ketones is 1. The van der Waals surface area contributed by atoms with Gasteiger partial charge in [-0.2, -0.15) is 4.31 Å². The maximum absolute atomic E-state index is 12.8. The molecular formula is C19H22N2O3S. The van der Waals surface area contributed by atoms with Crippen LogP contribution in [0.1, 0.15) is 22.8 Å². The highest BCUT2D eigenvalue weighted by atomic mass is 32.2. The molecule has 2 aromatic carbocycles. The summed E-state index contributed by atoms with van der Waals surface area (Å²) in [5, 5.41) is 0. The highest BCUT2D eigenvalue weighted by Gasteiger charge is 2.28. The van der Waals surface area contributed by atoms with Gasteiger partial charge in [0.05, 0.1) is 4.90 Å². The Bertz CT molecular complexity index is 868. The first-order valence-electron chi connectivity index (χ1n) is 8.31. The average molecular weight is 358 g/mol. The Labute approximate surface area is 148 Å². The Morgan fingerprint density at radius 2 is 1.60 bits per heavy atom. The second kappa shape index (κ2) is 6.98. The van der Waals surface area contributed by atoms with Crippen LogP contribution in [0.5, 0.6) is 0 Å². The van der Waals surface area contributed by atoms with Crippen molar-refractivity contribution in [2.24, 2.45) is 0 Å². The molecule has 0 saturated carbocycles. The largest absolute Gasteiger partial charge is 0.369 e. The molecule has 0 aliphatic carbocycles. The molecule has 0 aromatic heterocycles. The van der Waals surface area contributed by atoms with Gasteiger partial charge in [0.1, 0.15) is 0 Å². The smallest absolute Gasteiger partial charge is 0.243 e. The van der Waals surface area contributed by atoms with E-state index in [0.717, 1.165) is 11.3 Å². The number of nitrogens with zero attached hydrogens (tertiary/aromatic N) is 2. The first-order chi connectivity index (χ1) is 11.9. The highest BCUT2D eigenvalue weighted by Crippen LogP contribution is 2.22. The van der Waals surface area contributed by atoms with Gasteiger partial charge < -0.3 is 4.90 Å². The van der Waals surface area contributed by atoms with E-state index >= 15 is 0 Å². The predicted molar refractivity (Wildman–Crippen MR) is 98.6 cm³/mol. The van der Waals surface area contributed by atoms with Crippen molar-refractivity contribution < 1.29 is 13.2 Å². The Morgan fingerprint density at radius 3 is 2.16 bits per heavy atom. The first-order valence-corrected chi connectivity index (χ1v) is 9.75. The average Bonchev–Trinajstić information content (AvgIpc) is 2.62. The van der Waals surface area contributed by atoms with Gasteiger partial charge in [-0.3, -0.25) is 4.79 Å². The van der Waals surface area contributed by atoms with Crippen molar-refractivity contribution in [2.45, 2.75) is 18.7 Å². The normalized spacial score (nSPS) is 16.0. The van der Waals surface area contributed by atoms with Gasteiger partial charge in [-0.25, -0.2) is 8.42 Å². The molecule has 0 N–H and O–H groups in total. The lowest BCUT2D eigenvalue weighted by Crippen LogP contribution is -2.48. The monoisotopic (exact) mass is 358 g/mol. The summed E-state index contributed by atoms with van der Waals surface area (Å²) < 4.78 is 27.1. The van der Waals surface area contributed by atoms with Crippen LogP contribution in [-0.2, 0) is 10.0 Å². The predicted octanol–water partition coefficient (Wildman–Crippen LogP) is 2.71. The number of aryl methyl sites for hydroxylation is 1. The number of hydrogen-bond donors (Lipinski definition) is 0. The van der Waals surface area contributed by atoms with E-state index in [4.69, 9.17) is 0 Å². The van der Waals surface area contributed by atoms with Gasteiger partial charge in [0.15, 0.2) is 5.78 Å². The summed E-state index contributed by atoms with van der Waals surface area (Å²) in [6.45, 7) is 5.59. The highest BCUT2D eigenvalue weighted by molar-refractivity contribution is 7.89. The molecule has 5 nitrogen and oxygen atoms in total. The molecule has 3 rings (SSSR count). The molecule has 25 heavy (non-hydrogen) atoms. The van der Waals surface area contributed by atoms with E-state index in [-0.39, 0.29) is 5.78 Å². The number of anilines is 1. The molecule has 0 spiro atoms. The van der Waals surface area contributed by atoms with Crippen LogP contribution in [0.4, 0.5) is 5.69 Å². The SMILES string of the molecule is CC(=O)c1ccc(N2CCN(S(=O)(=O)c3cccc(C)c3)CC2)cc1. The summed E-state index contributed by atoms with van der Waals surface area (Å²) in [5.41, 5.74) is 2.63. The van der Waals surface area contributed by atoms with Crippen LogP contribution in [0.15, 0.2) is 53.4 Å². The molecule has 132 valence electrons. The molecule has 1 fully saturated rings. The van der Waals surface area contributed by atoms with Crippen molar-refractivity contribution >= 4 is 21.5 Å². The summed E-state index contributed by atoms with van der Waals surface area (Å²) >= 11 is 0. The zero-order valence-corrected chi connectivity index (χ0v) is 15.3. The topological polar surface area (TPSA) is 57.7 Å². The Morgan fingerprint density at radius 1 is 0.960 bits per heavy atom. The zero-order chi connectivity index (χ0) is 18.0. The van der Waals surface area contributed by atoms with Gasteiger partial charge in [0.2, 0.25) is 10.0 Å². The minimum absolute atomic E-state index is 0.0422. The number of sulfonamides is 1. The van der Waals surface area contributed by atoms with Crippen LogP contribution in [-0.4, -0.2) is 44.7 Å². The molecular weight excluding hydrogens is 336 g/mol. The number of Topliss-reactive ketones (excluding diaryl/α,β-unsaturated/α-hetero) is 1. The fourth-order valence-electron chi connectivity index (χ4n) is 3.02. The Hall–Kier alpha value is -2.18. The van der Waals surface area contributed by atoms with E-state index in [1.807, 2.05) is 37.3 Å². The maximum Gasteiger partial charge on any atom is 0.243 e. The standard InChI is InChI=1S/C19H22N2O3S/c1-15-4-3-5-19(14-15)25(23,24)21-12-10-20(11-13-21)18-8-6-17(7-9-18)16(2)22/h3-9,14H,10-13H2,1-2H3. The van der Waals surface area contributed by atoms with E-state index in [1.54, 1.807) is 29.4 Å². The number of carbonyl (C=O) groups excluding carboxylic acids is 1. The van der Waals surface area contributed by atoms with Crippen molar-refractivity contribution in [3.05, 3.63) is 59.7 Å². The van der Waals surface area contributed by atoms with E-state index in [2.05, 4.69) is 4.90 Å². The third-order valence-corrected chi connectivity index (χ3v) is 6.40. The summed E-state index contributed by atoms with van der Waals surface area (Å²) in [4.78, 5) is 13.9. The van der Waals surface area contributed by atoms with Crippen LogP contribution in [0.3, 0.4) is 0 Å². The van der Waals surface area contributed by atoms with Crippen molar-refractivity contribution in [2.75, 3.05) is 31.1 Å². The quantitative estimate of drug-likeness (QED) is 0.789. The molecule has 6 heteroatoms. The summed E-state index contributed by atoms with van der Waals surface area (Å²) in [6.07, 6.45) is 0. The molecule has 0 amide bonds. The lowest BCUT2D eigenvalue weighted by Gasteiger charge is -2.35. The fraction of sp³-hybridized carbons (Fsp3) is 0.316. The van der Waals surface area contributed by atoms with Crippen molar-refractivity contribution in [1.29, 1.82) is 0 Å². The lowest BCUT2D eigenvalue weighted by atomic mass is 10.1. The fourth-order valence-corrected chi connectivity index (χ4v) is 4.55. The van der Waals surface area contributed by atoms with E-state index < -0.39 is 10.0 Å². The molecule has 2 aromatic rings. The summed E-state index contributed by atoms with van der Waals surface area (Å²) in [5.74, 6) is 0.0422. The number of hydrogen-bond acceptors (Lipinski definition) is 4. The second-order valence-electron chi connectivity index (χ2n) is 6.31. The molecule has 0 radical (unpaired) electrons. The van der Waals surface area contributed by atoms with Crippen LogP contribution in [0, 0.1) is 6.92 Å². The van der Waals surface area contributed by atoms with Crippen LogP contribution >= 0.6 is 0 Å². The number of piperazine rings is 1. The van der Waals surface area contributed by atoms with E-state index in [0.29, 0.717) is 36.6 Å². The van der Waals surface area contributed by atoms with Crippen molar-refractivity contribution in [3.63, 3.8) is 0 Å². The van der Waals surface area contributed by atoms with Gasteiger partial charge in [-0.15, -0.1) is 0 Å². The third-order valence-electron chi connectivity index (χ3n) is 4.50. The molecule has 1 aliphatic heterocycles. The van der Waals surface area contributed by atoms with Crippen LogP contribution in [0.25, 0.3) is 0 Å². The molecule has 1 aliphatic rings. The van der Waals surface area contributed by atoms with E-state index in [1.165, 1.54) is 0 Å². The number of benzene rings is 2. The van der Waals surface area contributed by atoms with Gasteiger partial charge >= 0.3 is 0 Å². The summed E-state index contributed by atoms with van der Waals surface area (Å²) in [7, 11) is -3.45. The van der Waals surface area contributed by atoms with Gasteiger partial charge in [0.25, 0.3) is 0 Å². The number of carbonyl (C=O) groups is 1. The zero-order valence-electron chi connectivity index (χ0n) is 14.5. The van der Waals surface area contributed by atoms with E-state index in [9.17, 15) is 13.2 Å². The Kier molecular flexibility index (Phi) is 4.92. The van der Waals surface area contributed by atoms with Crippen molar-refractivity contribution in [3.8, 4) is 0 Å². The van der Waals surface area contributed by atoms with Crippen LogP contribution in [0.2, 0.25) is 0 Å². The maximum atomic E-state index is 12.8. The Balaban J connectivity index is 1.70. The lowest BCUT2D eigenvalue weighted by molar-refractivity contribution is 0.101. The van der Waals surface area contributed by atoms with Crippen molar-refractivity contribution in [1.82, 2.24) is 4.31 Å². The minimum Gasteiger partial charge on any atom is -0.369 e. The summed E-state index contributed by atoms with van der Waals surface area (Å²) in [6, 6.07) is 14.5. The van der Waals surface area contributed by atoms with Gasteiger partial charge in [-0.05, 0) is 55.8 Å². The van der Waals surface area contributed by atoms with Crippen LogP contribution < -0.4 is 4.90 Å². The molecule has 1 saturated heterocycles. The molecule has 0 atom stereocenters. The van der Waals surface area contributed by atoms with Gasteiger partial charge in [-0.1, -0.05) is 12.1 Å². The number of rotatable bonds is 4. The minimum atomic E-state index is -3.45. The molecule has 0 unspecified atom stereocenters.